The Morgan fingerprint density at radius 1 is 1.21 bits per heavy atom. The molecule has 0 aliphatic heterocycles. The maximum atomic E-state index is 10.8. The molecule has 0 spiro atoms. The van der Waals surface area contributed by atoms with E-state index < -0.39 is 0 Å². The maximum Gasteiger partial charge on any atom is 0.221 e. The fourth-order valence-corrected chi connectivity index (χ4v) is 1.24. The molecule has 0 fully saturated rings. The van der Waals surface area contributed by atoms with Gasteiger partial charge in [-0.1, -0.05) is 0 Å². The Kier molecular flexibility index (Phi) is 2.10. The Balaban J connectivity index is 2.46. The number of amides is 1. The van der Waals surface area contributed by atoms with Crippen LogP contribution < -0.4 is 5.32 Å². The van der Waals surface area contributed by atoms with Crippen LogP contribution in [0.25, 0.3) is 11.0 Å². The second-order valence-corrected chi connectivity index (χ2v) is 2.94. The van der Waals surface area contributed by atoms with Crippen LogP contribution in [0, 0.1) is 0 Å². The van der Waals surface area contributed by atoms with E-state index in [2.05, 4.69) is 15.3 Å². The summed E-state index contributed by atoms with van der Waals surface area (Å²) in [5.41, 5.74) is 2.34. The van der Waals surface area contributed by atoms with Gasteiger partial charge < -0.3 is 5.32 Å². The maximum absolute atomic E-state index is 10.8. The lowest BCUT2D eigenvalue weighted by atomic mass is 10.2. The predicted octanol–water partition coefficient (Wildman–Crippen LogP) is 1.59. The predicted molar refractivity (Wildman–Crippen MR) is 53.8 cm³/mol. The number of benzene rings is 1. The third-order valence-corrected chi connectivity index (χ3v) is 1.79. The van der Waals surface area contributed by atoms with Gasteiger partial charge in [-0.2, -0.15) is 0 Å². The van der Waals surface area contributed by atoms with Gasteiger partial charge in [0.05, 0.1) is 11.0 Å². The van der Waals surface area contributed by atoms with E-state index in [0.29, 0.717) is 0 Å². The molecule has 0 saturated carbocycles. The Hall–Kier alpha value is -1.97. The summed E-state index contributed by atoms with van der Waals surface area (Å²) in [6.45, 7) is 1.47. The van der Waals surface area contributed by atoms with Crippen LogP contribution >= 0.6 is 0 Å². The molecule has 2 aromatic rings. The fourth-order valence-electron chi connectivity index (χ4n) is 1.24. The lowest BCUT2D eigenvalue weighted by Crippen LogP contribution is -2.05. The number of nitrogens with zero attached hydrogens (tertiary/aromatic N) is 2. The van der Waals surface area contributed by atoms with Crippen molar-refractivity contribution in [1.29, 1.82) is 0 Å². The van der Waals surface area contributed by atoms with Gasteiger partial charge in [-0.05, 0) is 18.2 Å². The van der Waals surface area contributed by atoms with Gasteiger partial charge in [0.2, 0.25) is 5.91 Å². The first kappa shape index (κ1) is 8.62. The molecule has 0 unspecified atom stereocenters. The standard InChI is InChI=1S/C10H9N3O/c1-7(14)13-8-2-3-9-10(6-8)12-5-4-11-9/h2-6H,1H3,(H,13,14). The van der Waals surface area contributed by atoms with E-state index in [1.54, 1.807) is 24.5 Å². The summed E-state index contributed by atoms with van der Waals surface area (Å²) in [5.74, 6) is -0.0896. The van der Waals surface area contributed by atoms with Crippen LogP contribution in [0.15, 0.2) is 30.6 Å². The molecule has 1 aromatic carbocycles. The van der Waals surface area contributed by atoms with Crippen molar-refractivity contribution in [3.63, 3.8) is 0 Å². The molecular weight excluding hydrogens is 178 g/mol. The molecule has 0 aliphatic rings. The van der Waals surface area contributed by atoms with E-state index >= 15 is 0 Å². The Morgan fingerprint density at radius 2 is 1.93 bits per heavy atom. The number of hydrogen-bond donors (Lipinski definition) is 1. The van der Waals surface area contributed by atoms with E-state index in [1.165, 1.54) is 6.92 Å². The topological polar surface area (TPSA) is 54.9 Å². The first-order valence-electron chi connectivity index (χ1n) is 4.24. The monoisotopic (exact) mass is 187 g/mol. The minimum absolute atomic E-state index is 0.0896. The first-order chi connectivity index (χ1) is 6.75. The summed E-state index contributed by atoms with van der Waals surface area (Å²) in [4.78, 5) is 19.1. The molecular formula is C10H9N3O. The van der Waals surface area contributed by atoms with Gasteiger partial charge in [0, 0.05) is 25.0 Å². The Morgan fingerprint density at radius 3 is 2.64 bits per heavy atom. The van der Waals surface area contributed by atoms with Crippen LogP contribution in [0.1, 0.15) is 6.92 Å². The van der Waals surface area contributed by atoms with Crippen molar-refractivity contribution in [1.82, 2.24) is 9.97 Å². The number of carbonyl (C=O) groups is 1. The number of nitrogens with one attached hydrogen (secondary N) is 1. The Bertz CT molecular complexity index is 482. The van der Waals surface area contributed by atoms with Gasteiger partial charge in [0.25, 0.3) is 0 Å². The summed E-state index contributed by atoms with van der Waals surface area (Å²) < 4.78 is 0. The largest absolute Gasteiger partial charge is 0.326 e. The zero-order valence-corrected chi connectivity index (χ0v) is 7.69. The quantitative estimate of drug-likeness (QED) is 0.737. The van der Waals surface area contributed by atoms with Crippen LogP contribution in [-0.4, -0.2) is 15.9 Å². The van der Waals surface area contributed by atoms with E-state index in [9.17, 15) is 4.79 Å². The van der Waals surface area contributed by atoms with E-state index in [1.807, 2.05) is 6.07 Å². The number of aromatic nitrogens is 2. The molecule has 1 heterocycles. The van der Waals surface area contributed by atoms with Gasteiger partial charge in [-0.25, -0.2) is 0 Å². The lowest BCUT2D eigenvalue weighted by molar-refractivity contribution is -0.114. The molecule has 1 aromatic heterocycles. The van der Waals surface area contributed by atoms with Crippen molar-refractivity contribution in [2.24, 2.45) is 0 Å². The molecule has 0 atom stereocenters. The van der Waals surface area contributed by atoms with Crippen molar-refractivity contribution in [2.45, 2.75) is 6.92 Å². The molecule has 0 aliphatic carbocycles. The van der Waals surface area contributed by atoms with Crippen LogP contribution in [-0.2, 0) is 4.79 Å². The highest BCUT2D eigenvalue weighted by atomic mass is 16.1. The summed E-state index contributed by atoms with van der Waals surface area (Å²) in [6, 6.07) is 5.43. The van der Waals surface area contributed by atoms with Gasteiger partial charge in [0.1, 0.15) is 0 Å². The number of anilines is 1. The number of rotatable bonds is 1. The fraction of sp³-hybridized carbons (Fsp3) is 0.100. The highest BCUT2D eigenvalue weighted by Crippen LogP contribution is 2.14. The molecule has 1 amide bonds. The van der Waals surface area contributed by atoms with Gasteiger partial charge >= 0.3 is 0 Å². The summed E-state index contributed by atoms with van der Waals surface area (Å²) in [5, 5.41) is 2.69. The summed E-state index contributed by atoms with van der Waals surface area (Å²) in [6.07, 6.45) is 3.26. The van der Waals surface area contributed by atoms with Crippen LogP contribution in [0.2, 0.25) is 0 Å². The smallest absolute Gasteiger partial charge is 0.221 e. The Labute approximate surface area is 81.0 Å². The van der Waals surface area contributed by atoms with Crippen molar-refractivity contribution in [3.05, 3.63) is 30.6 Å². The number of carbonyl (C=O) groups excluding carboxylic acids is 1. The third kappa shape index (κ3) is 1.69. The molecule has 4 nitrogen and oxygen atoms in total. The third-order valence-electron chi connectivity index (χ3n) is 1.79. The van der Waals surface area contributed by atoms with Gasteiger partial charge in [-0.3, -0.25) is 14.8 Å². The first-order valence-corrected chi connectivity index (χ1v) is 4.24. The summed E-state index contributed by atoms with van der Waals surface area (Å²) >= 11 is 0. The van der Waals surface area contributed by atoms with Crippen molar-refractivity contribution in [3.8, 4) is 0 Å². The zero-order valence-electron chi connectivity index (χ0n) is 7.69. The van der Waals surface area contributed by atoms with Gasteiger partial charge in [0.15, 0.2) is 0 Å². The molecule has 70 valence electrons. The molecule has 4 heteroatoms. The number of fused-ring (bicyclic) bond motifs is 1. The molecule has 0 bridgehead atoms. The van der Waals surface area contributed by atoms with Crippen molar-refractivity contribution < 1.29 is 4.79 Å². The van der Waals surface area contributed by atoms with Crippen molar-refractivity contribution in [2.75, 3.05) is 5.32 Å². The van der Waals surface area contributed by atoms with Crippen LogP contribution in [0.4, 0.5) is 5.69 Å². The van der Waals surface area contributed by atoms with Crippen molar-refractivity contribution >= 4 is 22.6 Å². The van der Waals surface area contributed by atoms with Crippen LogP contribution in [0.3, 0.4) is 0 Å². The van der Waals surface area contributed by atoms with E-state index in [0.717, 1.165) is 16.7 Å². The van der Waals surface area contributed by atoms with E-state index in [-0.39, 0.29) is 5.91 Å². The molecule has 1 N–H and O–H groups in total. The lowest BCUT2D eigenvalue weighted by Gasteiger charge is -2.02. The summed E-state index contributed by atoms with van der Waals surface area (Å²) in [7, 11) is 0. The van der Waals surface area contributed by atoms with Crippen LogP contribution in [0.5, 0.6) is 0 Å². The van der Waals surface area contributed by atoms with Gasteiger partial charge in [-0.15, -0.1) is 0 Å². The minimum atomic E-state index is -0.0896. The average Bonchev–Trinajstić information content (AvgIpc) is 2.17. The normalized spacial score (nSPS) is 10.1. The highest BCUT2D eigenvalue weighted by molar-refractivity contribution is 5.91. The second-order valence-electron chi connectivity index (χ2n) is 2.94. The minimum Gasteiger partial charge on any atom is -0.326 e. The zero-order chi connectivity index (χ0) is 9.97. The second kappa shape index (κ2) is 3.41. The molecule has 2 rings (SSSR count). The average molecular weight is 187 g/mol. The molecule has 0 saturated heterocycles. The SMILES string of the molecule is CC(=O)Nc1ccc2nccnc2c1. The van der Waals surface area contributed by atoms with E-state index in [4.69, 9.17) is 0 Å². The molecule has 0 radical (unpaired) electrons. The molecule has 14 heavy (non-hydrogen) atoms. The number of hydrogen-bond acceptors (Lipinski definition) is 3. The highest BCUT2D eigenvalue weighted by Gasteiger charge is 1.98.